The fraction of sp³-hybridized carbons (Fsp3) is 0.259. The Balaban J connectivity index is 1.40. The molecule has 7 nitrogen and oxygen atoms in total. The fourth-order valence-corrected chi connectivity index (χ4v) is 4.09. The maximum absolute atomic E-state index is 13.0. The highest BCUT2D eigenvalue weighted by molar-refractivity contribution is 6.05. The number of rotatable bonds is 8. The summed E-state index contributed by atoms with van der Waals surface area (Å²) in [4.78, 5) is 27.3. The Bertz CT molecular complexity index is 1160. The average Bonchev–Trinajstić information content (AvgIpc) is 3.31. The highest BCUT2D eigenvalue weighted by atomic mass is 16.5. The zero-order valence-electron chi connectivity index (χ0n) is 19.3. The molecular weight excluding hydrogens is 428 g/mol. The first-order valence-electron chi connectivity index (χ1n) is 11.4. The van der Waals surface area contributed by atoms with Crippen LogP contribution in [0.2, 0.25) is 0 Å². The lowest BCUT2D eigenvalue weighted by molar-refractivity contribution is 0.102. The molecule has 4 N–H and O–H groups in total. The second-order valence-corrected chi connectivity index (χ2v) is 8.42. The number of carbonyl (C=O) groups excluding carboxylic acids is 2. The average molecular weight is 459 g/mol. The number of nitrogens with zero attached hydrogens (tertiary/aromatic N) is 1. The first kappa shape index (κ1) is 23.3. The van der Waals surface area contributed by atoms with E-state index in [4.69, 9.17) is 10.5 Å². The van der Waals surface area contributed by atoms with Crippen molar-refractivity contribution in [3.63, 3.8) is 0 Å². The third kappa shape index (κ3) is 5.74. The molecule has 0 spiro atoms. The van der Waals surface area contributed by atoms with Gasteiger partial charge >= 0.3 is 6.03 Å². The highest BCUT2D eigenvalue weighted by Crippen LogP contribution is 2.25. The second kappa shape index (κ2) is 10.9. The second-order valence-electron chi connectivity index (χ2n) is 8.42. The van der Waals surface area contributed by atoms with E-state index in [0.717, 1.165) is 24.1 Å². The van der Waals surface area contributed by atoms with Crippen LogP contribution < -0.4 is 16.4 Å². The van der Waals surface area contributed by atoms with Gasteiger partial charge in [-0.3, -0.25) is 4.79 Å². The smallest absolute Gasteiger partial charge is 0.322 e. The number of benzene rings is 3. The van der Waals surface area contributed by atoms with Crippen molar-refractivity contribution in [3.8, 4) is 0 Å². The zero-order chi connectivity index (χ0) is 23.9. The third-order valence-corrected chi connectivity index (χ3v) is 6.00. The summed E-state index contributed by atoms with van der Waals surface area (Å²) in [5.41, 5.74) is 11.9. The summed E-state index contributed by atoms with van der Waals surface area (Å²) in [5, 5.41) is 5.84. The van der Waals surface area contributed by atoms with Gasteiger partial charge in [0.25, 0.3) is 5.91 Å². The summed E-state index contributed by atoms with van der Waals surface area (Å²) in [7, 11) is 1.61. The molecule has 0 heterocycles. The van der Waals surface area contributed by atoms with Gasteiger partial charge in [0, 0.05) is 31.5 Å². The minimum absolute atomic E-state index is 0.184. The van der Waals surface area contributed by atoms with Crippen molar-refractivity contribution in [2.24, 2.45) is 0 Å². The van der Waals surface area contributed by atoms with Crippen LogP contribution in [0.15, 0.2) is 66.7 Å². The van der Waals surface area contributed by atoms with Crippen molar-refractivity contribution in [3.05, 3.63) is 89.0 Å². The number of nitrogens with two attached hydrogens (primary N) is 1. The number of nitrogens with one attached hydrogen (secondary N) is 2. The van der Waals surface area contributed by atoms with Crippen LogP contribution in [-0.2, 0) is 24.1 Å². The first-order valence-corrected chi connectivity index (χ1v) is 11.4. The number of ether oxygens (including phenoxy) is 1. The van der Waals surface area contributed by atoms with Gasteiger partial charge in [-0.05, 0) is 72.4 Å². The lowest BCUT2D eigenvalue weighted by atomic mass is 10.1. The van der Waals surface area contributed by atoms with E-state index in [1.54, 1.807) is 36.3 Å². The predicted octanol–water partition coefficient (Wildman–Crippen LogP) is 4.69. The van der Waals surface area contributed by atoms with Gasteiger partial charge in [0.2, 0.25) is 0 Å². The van der Waals surface area contributed by atoms with Gasteiger partial charge in [0.1, 0.15) is 0 Å². The van der Waals surface area contributed by atoms with Gasteiger partial charge in [-0.15, -0.1) is 0 Å². The Kier molecular flexibility index (Phi) is 7.44. The topological polar surface area (TPSA) is 96.7 Å². The molecule has 176 valence electrons. The fourth-order valence-electron chi connectivity index (χ4n) is 4.09. The molecule has 1 aliphatic rings. The molecule has 0 unspecified atom stereocenters. The summed E-state index contributed by atoms with van der Waals surface area (Å²) in [5.74, 6) is -0.241. The standard InChI is InChI=1S/C27H30N4O3/c1-34-16-15-31(27(33)29-23-14-13-20-5-4-6-22(20)17-23)18-19-9-11-21(12-10-19)26(32)30-25-8-3-2-7-24(25)28/h2-3,7-14,17H,4-6,15-16,18,28H2,1H3,(H,29,33)(H,30,32). The summed E-state index contributed by atoms with van der Waals surface area (Å²) in [6.07, 6.45) is 3.33. The molecule has 0 saturated heterocycles. The number of carbonyl (C=O) groups is 2. The van der Waals surface area contributed by atoms with Crippen LogP contribution in [0.25, 0.3) is 0 Å². The molecule has 4 rings (SSSR count). The van der Waals surface area contributed by atoms with Crippen LogP contribution >= 0.6 is 0 Å². The summed E-state index contributed by atoms with van der Waals surface area (Å²) in [6.45, 7) is 1.27. The molecule has 0 aliphatic heterocycles. The molecule has 0 aromatic heterocycles. The van der Waals surface area contributed by atoms with Crippen molar-refractivity contribution in [1.29, 1.82) is 0 Å². The van der Waals surface area contributed by atoms with Crippen LogP contribution in [0.1, 0.15) is 33.5 Å². The number of para-hydroxylation sites is 2. The Labute approximate surface area is 199 Å². The lowest BCUT2D eigenvalue weighted by Gasteiger charge is -2.23. The van der Waals surface area contributed by atoms with Gasteiger partial charge in [0.15, 0.2) is 0 Å². The largest absolute Gasteiger partial charge is 0.397 e. The Morgan fingerprint density at radius 3 is 2.50 bits per heavy atom. The SMILES string of the molecule is COCCN(Cc1ccc(C(=O)Nc2ccccc2N)cc1)C(=O)Nc1ccc2c(c1)CCC2. The number of amides is 3. The number of fused-ring (bicyclic) bond motifs is 1. The first-order chi connectivity index (χ1) is 16.5. The van der Waals surface area contributed by atoms with Crippen LogP contribution in [0, 0.1) is 0 Å². The molecule has 3 amide bonds. The van der Waals surface area contributed by atoms with E-state index < -0.39 is 0 Å². The summed E-state index contributed by atoms with van der Waals surface area (Å²) in [6, 6.07) is 20.3. The molecule has 0 fully saturated rings. The lowest BCUT2D eigenvalue weighted by Crippen LogP contribution is -2.36. The molecule has 7 heteroatoms. The van der Waals surface area contributed by atoms with Gasteiger partial charge < -0.3 is 26.0 Å². The Morgan fingerprint density at radius 2 is 1.74 bits per heavy atom. The number of hydrogen-bond donors (Lipinski definition) is 3. The highest BCUT2D eigenvalue weighted by Gasteiger charge is 2.17. The summed E-state index contributed by atoms with van der Waals surface area (Å²) >= 11 is 0. The number of urea groups is 1. The van der Waals surface area contributed by atoms with E-state index in [1.165, 1.54) is 17.5 Å². The zero-order valence-corrected chi connectivity index (χ0v) is 19.3. The number of aryl methyl sites for hydroxylation is 2. The quantitative estimate of drug-likeness (QED) is 0.427. The van der Waals surface area contributed by atoms with E-state index in [-0.39, 0.29) is 11.9 Å². The van der Waals surface area contributed by atoms with Gasteiger partial charge in [0.05, 0.1) is 18.0 Å². The van der Waals surface area contributed by atoms with Crippen molar-refractivity contribution >= 4 is 29.0 Å². The van der Waals surface area contributed by atoms with Crippen molar-refractivity contribution in [2.45, 2.75) is 25.8 Å². The number of anilines is 3. The van der Waals surface area contributed by atoms with Crippen LogP contribution in [-0.4, -0.2) is 37.1 Å². The Morgan fingerprint density at radius 1 is 0.971 bits per heavy atom. The van der Waals surface area contributed by atoms with E-state index in [9.17, 15) is 9.59 Å². The molecule has 34 heavy (non-hydrogen) atoms. The Hall–Kier alpha value is -3.84. The van der Waals surface area contributed by atoms with E-state index in [0.29, 0.717) is 36.6 Å². The van der Waals surface area contributed by atoms with E-state index >= 15 is 0 Å². The maximum atomic E-state index is 13.0. The minimum Gasteiger partial charge on any atom is -0.397 e. The normalized spacial score (nSPS) is 12.1. The molecule has 3 aromatic rings. The van der Waals surface area contributed by atoms with Crippen LogP contribution in [0.3, 0.4) is 0 Å². The maximum Gasteiger partial charge on any atom is 0.322 e. The van der Waals surface area contributed by atoms with E-state index in [1.807, 2.05) is 30.3 Å². The van der Waals surface area contributed by atoms with E-state index in [2.05, 4.69) is 22.8 Å². The molecule has 3 aromatic carbocycles. The van der Waals surface area contributed by atoms with Crippen LogP contribution in [0.5, 0.6) is 0 Å². The monoisotopic (exact) mass is 458 g/mol. The van der Waals surface area contributed by atoms with Crippen molar-refractivity contribution in [1.82, 2.24) is 4.90 Å². The minimum atomic E-state index is -0.241. The molecule has 0 bridgehead atoms. The van der Waals surface area contributed by atoms with Crippen molar-refractivity contribution < 1.29 is 14.3 Å². The third-order valence-electron chi connectivity index (χ3n) is 6.00. The molecule has 0 saturated carbocycles. The molecule has 1 aliphatic carbocycles. The summed E-state index contributed by atoms with van der Waals surface area (Å²) < 4.78 is 5.20. The molecule has 0 radical (unpaired) electrons. The van der Waals surface area contributed by atoms with Crippen molar-refractivity contribution in [2.75, 3.05) is 36.6 Å². The number of nitrogen functional groups attached to an aromatic ring is 1. The molecule has 0 atom stereocenters. The van der Waals surface area contributed by atoms with Gasteiger partial charge in [-0.1, -0.05) is 30.3 Å². The number of methoxy groups -OCH3 is 1. The van der Waals surface area contributed by atoms with Crippen LogP contribution in [0.4, 0.5) is 21.9 Å². The predicted molar refractivity (Wildman–Crippen MR) is 135 cm³/mol. The van der Waals surface area contributed by atoms with Gasteiger partial charge in [-0.25, -0.2) is 4.79 Å². The number of hydrogen-bond acceptors (Lipinski definition) is 4. The molecular formula is C27H30N4O3. The van der Waals surface area contributed by atoms with Gasteiger partial charge in [-0.2, -0.15) is 0 Å².